The number of esters is 1. The molecule has 138 valence electrons. The molecule has 0 aliphatic heterocycles. The van der Waals surface area contributed by atoms with Gasteiger partial charge in [0.15, 0.2) is 6.10 Å². The number of non-ortho nitro benzene ring substituents is 1. The molecule has 25 heavy (non-hydrogen) atoms. The zero-order valence-corrected chi connectivity index (χ0v) is 14.3. The molecule has 1 aromatic rings. The maximum Gasteiger partial charge on any atom is 0.513 e. The number of carbonyl (C=O) groups excluding carboxylic acids is 2. The molecule has 0 aliphatic rings. The Morgan fingerprint density at radius 2 is 1.84 bits per heavy atom. The molecule has 0 radical (unpaired) electrons. The Morgan fingerprint density at radius 3 is 2.36 bits per heavy atom. The van der Waals surface area contributed by atoms with Gasteiger partial charge < -0.3 is 19.3 Å². The molecule has 9 heteroatoms. The summed E-state index contributed by atoms with van der Waals surface area (Å²) in [5, 5.41) is 20.2. The number of aliphatic hydroxyl groups excluding tert-OH is 1. The summed E-state index contributed by atoms with van der Waals surface area (Å²) in [6.07, 6.45) is -1.98. The lowest BCUT2D eigenvalue weighted by Crippen LogP contribution is -2.31. The van der Waals surface area contributed by atoms with Crippen LogP contribution in [0, 0.1) is 10.1 Å². The van der Waals surface area contributed by atoms with E-state index in [1.807, 2.05) is 0 Å². The fourth-order valence-corrected chi connectivity index (χ4v) is 1.68. The fourth-order valence-electron chi connectivity index (χ4n) is 1.68. The molecule has 0 aromatic heterocycles. The molecular weight excluding hydrogens is 334 g/mol. The second-order valence-electron chi connectivity index (χ2n) is 6.14. The molecule has 1 N–H and O–H groups in total. The Morgan fingerprint density at radius 1 is 1.24 bits per heavy atom. The quantitative estimate of drug-likeness (QED) is 0.260. The molecule has 0 spiro atoms. The van der Waals surface area contributed by atoms with E-state index in [1.165, 1.54) is 24.3 Å². The van der Waals surface area contributed by atoms with Gasteiger partial charge in [0.25, 0.3) is 5.69 Å². The Hall–Kier alpha value is -2.68. The Balaban J connectivity index is 2.28. The van der Waals surface area contributed by atoms with Gasteiger partial charge in [0.2, 0.25) is 0 Å². The van der Waals surface area contributed by atoms with Crippen LogP contribution >= 0.6 is 0 Å². The summed E-state index contributed by atoms with van der Waals surface area (Å²) in [5.41, 5.74) is -0.819. The summed E-state index contributed by atoms with van der Waals surface area (Å²) >= 11 is 0. The molecule has 0 aliphatic carbocycles. The highest BCUT2D eigenvalue weighted by atomic mass is 16.7. The average molecular weight is 355 g/mol. The van der Waals surface area contributed by atoms with Crippen molar-refractivity contribution in [3.05, 3.63) is 34.4 Å². The minimum atomic E-state index is -1.30. The standard InChI is InChI=1S/C16H21NO8/c1-16(2,3)25-14(19)13(18)5-4-10-23-15(20)24-12-8-6-11(7-9-12)17(21)22/h6-9,13,18H,4-5,10H2,1-3H3/t13-/m0/s1. The lowest BCUT2D eigenvalue weighted by atomic mass is 10.1. The zero-order valence-electron chi connectivity index (χ0n) is 14.3. The second-order valence-corrected chi connectivity index (χ2v) is 6.14. The number of benzene rings is 1. The number of nitro benzene ring substituents is 1. The minimum Gasteiger partial charge on any atom is -0.458 e. The van der Waals surface area contributed by atoms with Gasteiger partial charge >= 0.3 is 12.1 Å². The summed E-state index contributed by atoms with van der Waals surface area (Å²) < 4.78 is 14.6. The van der Waals surface area contributed by atoms with Gasteiger partial charge in [-0.1, -0.05) is 0 Å². The van der Waals surface area contributed by atoms with E-state index >= 15 is 0 Å². The smallest absolute Gasteiger partial charge is 0.458 e. The molecular formula is C16H21NO8. The molecule has 1 atom stereocenters. The van der Waals surface area contributed by atoms with E-state index in [9.17, 15) is 24.8 Å². The topological polar surface area (TPSA) is 125 Å². The first kappa shape index (κ1) is 20.4. The number of nitrogens with zero attached hydrogens (tertiary/aromatic N) is 1. The third kappa shape index (κ3) is 8.11. The normalized spacial score (nSPS) is 12.2. The molecule has 0 heterocycles. The van der Waals surface area contributed by atoms with Gasteiger partial charge in [-0.3, -0.25) is 10.1 Å². The maximum absolute atomic E-state index is 11.6. The lowest BCUT2D eigenvalue weighted by Gasteiger charge is -2.21. The largest absolute Gasteiger partial charge is 0.513 e. The van der Waals surface area contributed by atoms with Crippen LogP contribution < -0.4 is 4.74 Å². The summed E-state index contributed by atoms with van der Waals surface area (Å²) in [4.78, 5) is 33.0. The predicted molar refractivity (Wildman–Crippen MR) is 86.2 cm³/mol. The van der Waals surface area contributed by atoms with Gasteiger partial charge in [0.05, 0.1) is 11.5 Å². The fraction of sp³-hybridized carbons (Fsp3) is 0.500. The van der Waals surface area contributed by atoms with Crippen molar-refractivity contribution in [1.82, 2.24) is 0 Å². The van der Waals surface area contributed by atoms with Gasteiger partial charge in [-0.05, 0) is 45.7 Å². The molecule has 9 nitrogen and oxygen atoms in total. The van der Waals surface area contributed by atoms with Crippen LogP contribution in [0.1, 0.15) is 33.6 Å². The van der Waals surface area contributed by atoms with Gasteiger partial charge in [0, 0.05) is 12.1 Å². The Kier molecular flexibility index (Phi) is 7.31. The van der Waals surface area contributed by atoms with Crippen LogP contribution in [0.25, 0.3) is 0 Å². The first-order valence-electron chi connectivity index (χ1n) is 7.58. The van der Waals surface area contributed by atoms with E-state index in [0.29, 0.717) is 0 Å². The minimum absolute atomic E-state index is 0.0638. The van der Waals surface area contributed by atoms with Crippen LogP contribution in [0.4, 0.5) is 10.5 Å². The average Bonchev–Trinajstić information content (AvgIpc) is 2.50. The van der Waals surface area contributed by atoms with Gasteiger partial charge in [0.1, 0.15) is 11.4 Å². The van der Waals surface area contributed by atoms with Crippen LogP contribution in [-0.4, -0.2) is 40.5 Å². The van der Waals surface area contributed by atoms with Crippen molar-refractivity contribution >= 4 is 17.8 Å². The summed E-state index contributed by atoms with van der Waals surface area (Å²) in [6.45, 7) is 5.00. The van der Waals surface area contributed by atoms with E-state index < -0.39 is 28.8 Å². The Bertz CT molecular complexity index is 606. The van der Waals surface area contributed by atoms with E-state index in [1.54, 1.807) is 20.8 Å². The van der Waals surface area contributed by atoms with E-state index in [0.717, 1.165) is 0 Å². The number of ether oxygens (including phenoxy) is 3. The number of hydrogen-bond donors (Lipinski definition) is 1. The highest BCUT2D eigenvalue weighted by Crippen LogP contribution is 2.17. The van der Waals surface area contributed by atoms with Crippen LogP contribution in [0.5, 0.6) is 5.75 Å². The van der Waals surface area contributed by atoms with Crippen LogP contribution in [0.2, 0.25) is 0 Å². The number of hydrogen-bond acceptors (Lipinski definition) is 8. The van der Waals surface area contributed by atoms with Crippen molar-refractivity contribution in [2.45, 2.75) is 45.3 Å². The van der Waals surface area contributed by atoms with Crippen LogP contribution in [0.15, 0.2) is 24.3 Å². The number of rotatable bonds is 7. The molecule has 0 unspecified atom stereocenters. The summed E-state index contributed by atoms with van der Waals surface area (Å²) in [7, 11) is 0. The molecule has 1 rings (SSSR count). The number of carbonyl (C=O) groups is 2. The van der Waals surface area contributed by atoms with Crippen molar-refractivity contribution in [1.29, 1.82) is 0 Å². The van der Waals surface area contributed by atoms with Crippen LogP contribution in [-0.2, 0) is 14.3 Å². The van der Waals surface area contributed by atoms with E-state index in [-0.39, 0.29) is 30.9 Å². The third-order valence-corrected chi connectivity index (χ3v) is 2.77. The first-order valence-corrected chi connectivity index (χ1v) is 7.58. The van der Waals surface area contributed by atoms with E-state index in [4.69, 9.17) is 14.2 Å². The van der Waals surface area contributed by atoms with Crippen molar-refractivity contribution in [2.24, 2.45) is 0 Å². The monoisotopic (exact) mass is 355 g/mol. The maximum atomic E-state index is 11.6. The lowest BCUT2D eigenvalue weighted by molar-refractivity contribution is -0.384. The van der Waals surface area contributed by atoms with Crippen LogP contribution in [0.3, 0.4) is 0 Å². The van der Waals surface area contributed by atoms with Gasteiger partial charge in [-0.15, -0.1) is 0 Å². The van der Waals surface area contributed by atoms with Crippen molar-refractivity contribution in [3.8, 4) is 5.75 Å². The SMILES string of the molecule is CC(C)(C)OC(=O)[C@@H](O)CCCOC(=O)Oc1ccc([N+](=O)[O-])cc1. The molecule has 0 fully saturated rings. The third-order valence-electron chi connectivity index (χ3n) is 2.77. The zero-order chi connectivity index (χ0) is 19.0. The Labute approximate surface area is 144 Å². The molecule has 0 saturated carbocycles. The van der Waals surface area contributed by atoms with Gasteiger partial charge in [-0.2, -0.15) is 0 Å². The number of nitro groups is 1. The van der Waals surface area contributed by atoms with Crippen molar-refractivity contribution in [3.63, 3.8) is 0 Å². The highest BCUT2D eigenvalue weighted by Gasteiger charge is 2.23. The molecule has 0 bridgehead atoms. The summed E-state index contributed by atoms with van der Waals surface area (Å²) in [5.74, 6) is -0.634. The predicted octanol–water partition coefficient (Wildman–Crippen LogP) is 2.59. The number of aliphatic hydroxyl groups is 1. The molecule has 0 amide bonds. The van der Waals surface area contributed by atoms with E-state index in [2.05, 4.69) is 0 Å². The first-order chi connectivity index (χ1) is 11.6. The second kappa shape index (κ2) is 8.97. The molecule has 1 aromatic carbocycles. The van der Waals surface area contributed by atoms with Crippen molar-refractivity contribution < 1.29 is 33.8 Å². The summed E-state index contributed by atoms with van der Waals surface area (Å²) in [6, 6.07) is 4.93. The molecule has 0 saturated heterocycles. The van der Waals surface area contributed by atoms with Gasteiger partial charge in [-0.25, -0.2) is 9.59 Å². The highest BCUT2D eigenvalue weighted by molar-refractivity contribution is 5.74. The van der Waals surface area contributed by atoms with Crippen molar-refractivity contribution in [2.75, 3.05) is 6.61 Å².